The van der Waals surface area contributed by atoms with E-state index in [0.717, 1.165) is 55.6 Å². The molecule has 8 nitrogen and oxygen atoms in total. The molecule has 1 aliphatic carbocycles. The minimum atomic E-state index is -0.00455. The molecule has 0 radical (unpaired) electrons. The van der Waals surface area contributed by atoms with Crippen LogP contribution in [0.3, 0.4) is 0 Å². The van der Waals surface area contributed by atoms with Gasteiger partial charge in [0.1, 0.15) is 34.2 Å². The van der Waals surface area contributed by atoms with Crippen LogP contribution in [-0.2, 0) is 0 Å². The third-order valence-electron chi connectivity index (χ3n) is 7.82. The molecule has 3 aliphatic rings. The Hall–Kier alpha value is -5.50. The second kappa shape index (κ2) is 15.4. The Morgan fingerprint density at radius 3 is 1.10 bits per heavy atom. The van der Waals surface area contributed by atoms with E-state index in [2.05, 4.69) is 58.5 Å². The van der Waals surface area contributed by atoms with Gasteiger partial charge in [-0.3, -0.25) is 0 Å². The molecule has 6 aromatic rings. The smallest absolute Gasteiger partial charge is 0.164 e. The van der Waals surface area contributed by atoms with Crippen LogP contribution in [0.4, 0.5) is 0 Å². The second-order valence-electron chi connectivity index (χ2n) is 10.1. The van der Waals surface area contributed by atoms with E-state index in [4.69, 9.17) is 29.9 Å². The first-order chi connectivity index (χ1) is 23.8. The van der Waals surface area contributed by atoms with E-state index < -0.39 is 0 Å². The minimum absolute atomic E-state index is 0.00455. The lowest BCUT2D eigenvalue weighted by Crippen LogP contribution is -2.04. The van der Waals surface area contributed by atoms with Crippen molar-refractivity contribution >= 4 is 44.1 Å². The van der Waals surface area contributed by atoms with E-state index >= 15 is 0 Å². The van der Waals surface area contributed by atoms with Crippen molar-refractivity contribution in [3.63, 3.8) is 0 Å². The molecule has 2 unspecified atom stereocenters. The highest BCUT2D eigenvalue weighted by molar-refractivity contribution is 6.05. The van der Waals surface area contributed by atoms with Crippen LogP contribution < -0.4 is 0 Å². The molecule has 2 N–H and O–H groups in total. The van der Waals surface area contributed by atoms with Crippen LogP contribution in [0.1, 0.15) is 78.9 Å². The summed E-state index contributed by atoms with van der Waals surface area (Å²) >= 11 is 0. The Bertz CT molecular complexity index is 2100. The van der Waals surface area contributed by atoms with E-state index in [-0.39, 0.29) is 11.8 Å². The summed E-state index contributed by atoms with van der Waals surface area (Å²) in [5.74, 6) is 2.64. The number of nitrogens with one attached hydrogen (secondary N) is 2. The van der Waals surface area contributed by atoms with Gasteiger partial charge in [0.25, 0.3) is 0 Å². The summed E-state index contributed by atoms with van der Waals surface area (Å²) in [6, 6.07) is 24.3. The van der Waals surface area contributed by atoms with E-state index in [1.165, 1.54) is 0 Å². The molecule has 0 amide bonds. The predicted molar refractivity (Wildman–Crippen MR) is 201 cm³/mol. The van der Waals surface area contributed by atoms with Gasteiger partial charge in [0, 0.05) is 32.7 Å². The van der Waals surface area contributed by atoms with Gasteiger partial charge >= 0.3 is 0 Å². The zero-order valence-electron chi connectivity index (χ0n) is 29.1. The van der Waals surface area contributed by atoms with Gasteiger partial charge in [0.15, 0.2) is 11.6 Å². The van der Waals surface area contributed by atoms with Gasteiger partial charge in [0.05, 0.1) is 11.8 Å². The van der Waals surface area contributed by atoms with Crippen molar-refractivity contribution < 1.29 is 0 Å². The van der Waals surface area contributed by atoms with Crippen LogP contribution in [0.2, 0.25) is 0 Å². The normalized spacial score (nSPS) is 14.9. The molecule has 0 saturated heterocycles. The SMILES string of the molecule is C1=CC2c3nc(nc4[nH]c(nc5nc(nc6[nH]c(n3)c3ccccc63)-c3ccccc3-5)c3ccccc43)C2C=C1.CC.CC.CC.CC. The highest BCUT2D eigenvalue weighted by Crippen LogP contribution is 2.39. The maximum Gasteiger partial charge on any atom is 0.164 e. The minimum Gasteiger partial charge on any atom is -0.324 e. The fourth-order valence-electron chi connectivity index (χ4n) is 5.91. The van der Waals surface area contributed by atoms with Crippen molar-refractivity contribution in [2.45, 2.75) is 67.2 Å². The molecule has 48 heavy (non-hydrogen) atoms. The van der Waals surface area contributed by atoms with Gasteiger partial charge in [-0.25, -0.2) is 29.9 Å². The molecule has 8 bridgehead atoms. The van der Waals surface area contributed by atoms with Crippen molar-refractivity contribution in [2.75, 3.05) is 0 Å². The van der Waals surface area contributed by atoms with Crippen LogP contribution in [0.15, 0.2) is 97.1 Å². The van der Waals surface area contributed by atoms with E-state index in [0.29, 0.717) is 22.9 Å². The summed E-state index contributed by atoms with van der Waals surface area (Å²) < 4.78 is 0. The fourth-order valence-corrected chi connectivity index (χ4v) is 5.91. The van der Waals surface area contributed by atoms with Gasteiger partial charge < -0.3 is 9.97 Å². The number of rotatable bonds is 0. The highest BCUT2D eigenvalue weighted by atomic mass is 15.1. The number of aromatic nitrogens is 8. The highest BCUT2D eigenvalue weighted by Gasteiger charge is 2.32. The number of hydrogen-bond donors (Lipinski definition) is 2. The van der Waals surface area contributed by atoms with Crippen molar-refractivity contribution in [3.8, 4) is 22.8 Å². The Kier molecular flexibility index (Phi) is 10.9. The lowest BCUT2D eigenvalue weighted by Gasteiger charge is -2.13. The zero-order valence-corrected chi connectivity index (χ0v) is 29.1. The number of hydrogen-bond acceptors (Lipinski definition) is 6. The molecule has 3 aromatic carbocycles. The molecule has 2 atom stereocenters. The number of nitrogens with zero attached hydrogens (tertiary/aromatic N) is 6. The van der Waals surface area contributed by atoms with Crippen molar-refractivity contribution in [2.24, 2.45) is 0 Å². The van der Waals surface area contributed by atoms with Crippen LogP contribution in [-0.4, -0.2) is 39.9 Å². The van der Waals surface area contributed by atoms with Gasteiger partial charge in [-0.05, 0) is 0 Å². The Balaban J connectivity index is 0.000000528. The number of fused-ring (bicyclic) bond motifs is 20. The molecular formula is C40H44N8. The van der Waals surface area contributed by atoms with Gasteiger partial charge in [0.2, 0.25) is 0 Å². The zero-order chi connectivity index (χ0) is 34.2. The number of benzene rings is 3. The molecule has 2 aliphatic heterocycles. The molecule has 3 aromatic heterocycles. The Labute approximate surface area is 282 Å². The molecule has 0 fully saturated rings. The first kappa shape index (κ1) is 33.9. The average molecular weight is 637 g/mol. The summed E-state index contributed by atoms with van der Waals surface area (Å²) in [6.45, 7) is 16.0. The van der Waals surface area contributed by atoms with Crippen molar-refractivity contribution in [1.29, 1.82) is 0 Å². The molecule has 0 saturated carbocycles. The summed E-state index contributed by atoms with van der Waals surface area (Å²) in [6.07, 6.45) is 8.40. The molecule has 244 valence electrons. The second-order valence-corrected chi connectivity index (χ2v) is 10.1. The number of aromatic amines is 2. The maximum atomic E-state index is 5.07. The van der Waals surface area contributed by atoms with Crippen LogP contribution in [0, 0.1) is 0 Å². The van der Waals surface area contributed by atoms with Crippen molar-refractivity contribution in [1.82, 2.24) is 39.9 Å². The van der Waals surface area contributed by atoms with E-state index in [9.17, 15) is 0 Å². The molecule has 8 heteroatoms. The molecule has 5 heterocycles. The van der Waals surface area contributed by atoms with Crippen LogP contribution in [0.25, 0.3) is 66.9 Å². The average Bonchev–Trinajstić information content (AvgIpc) is 3.91. The largest absolute Gasteiger partial charge is 0.324 e. The molecule has 9 rings (SSSR count). The number of allylic oxidation sites excluding steroid dienone is 4. The van der Waals surface area contributed by atoms with Gasteiger partial charge in [-0.1, -0.05) is 152 Å². The standard InChI is InChI=1S/C32H20N8.4C2H6/c1-2-10-18-17(9-1)25-33-26(18)38-28-21-13-5-6-14-22(21)30(35-28)40-32-24-16-8-7-15-23(24)31(36-32)39-29-20-12-4-3-11-19(20)27(34-29)37-25;4*1-2/h1-18H,(H2,33,34,35,36,37,38,39,40);4*1-2H3. The van der Waals surface area contributed by atoms with Gasteiger partial charge in [-0.2, -0.15) is 0 Å². The third-order valence-corrected chi connectivity index (χ3v) is 7.82. The molecule has 0 spiro atoms. The van der Waals surface area contributed by atoms with E-state index in [1.54, 1.807) is 0 Å². The topological polar surface area (TPSA) is 109 Å². The predicted octanol–water partition coefficient (Wildman–Crippen LogP) is 10.6. The lowest BCUT2D eigenvalue weighted by molar-refractivity contribution is 0.735. The Morgan fingerprint density at radius 2 is 0.729 bits per heavy atom. The first-order valence-electron chi connectivity index (χ1n) is 17.2. The monoisotopic (exact) mass is 636 g/mol. The molecular weight excluding hydrogens is 592 g/mol. The lowest BCUT2D eigenvalue weighted by atomic mass is 9.90. The quantitative estimate of drug-likeness (QED) is 0.171. The van der Waals surface area contributed by atoms with E-state index in [1.807, 2.05) is 104 Å². The summed E-state index contributed by atoms with van der Waals surface area (Å²) in [7, 11) is 0. The van der Waals surface area contributed by atoms with Crippen molar-refractivity contribution in [3.05, 3.63) is 109 Å². The fraction of sp³-hybridized carbons (Fsp3) is 0.250. The van der Waals surface area contributed by atoms with Crippen LogP contribution >= 0.6 is 0 Å². The first-order valence-corrected chi connectivity index (χ1v) is 17.2. The summed E-state index contributed by atoms with van der Waals surface area (Å²) in [5.41, 5.74) is 4.71. The summed E-state index contributed by atoms with van der Waals surface area (Å²) in [4.78, 5) is 37.0. The maximum absolute atomic E-state index is 5.07. The third kappa shape index (κ3) is 6.01. The Morgan fingerprint density at radius 1 is 0.396 bits per heavy atom. The van der Waals surface area contributed by atoms with Crippen LogP contribution in [0.5, 0.6) is 0 Å². The summed E-state index contributed by atoms with van der Waals surface area (Å²) in [5, 5.41) is 3.90. The number of H-pyrrole nitrogens is 2. The van der Waals surface area contributed by atoms with Gasteiger partial charge in [-0.15, -0.1) is 0 Å².